The maximum absolute atomic E-state index is 11.6. The summed E-state index contributed by atoms with van der Waals surface area (Å²) in [5.41, 5.74) is 0.989. The van der Waals surface area contributed by atoms with Crippen molar-refractivity contribution in [2.75, 3.05) is 27.4 Å². The molecule has 7 heteroatoms. The number of aromatic nitrogens is 1. The lowest BCUT2D eigenvalue weighted by molar-refractivity contribution is -0.143. The Morgan fingerprint density at radius 2 is 2.14 bits per heavy atom. The van der Waals surface area contributed by atoms with Gasteiger partial charge in [-0.25, -0.2) is 9.78 Å². The predicted molar refractivity (Wildman–Crippen MR) is 73.0 cm³/mol. The van der Waals surface area contributed by atoms with Crippen LogP contribution >= 0.6 is 0 Å². The summed E-state index contributed by atoms with van der Waals surface area (Å²) < 4.78 is 14.8. The van der Waals surface area contributed by atoms with Crippen LogP contribution in [0.25, 0.3) is 0 Å². The quantitative estimate of drug-likeness (QED) is 0.562. The van der Waals surface area contributed by atoms with E-state index in [2.05, 4.69) is 9.72 Å². The summed E-state index contributed by atoms with van der Waals surface area (Å²) in [7, 11) is 2.78. The van der Waals surface area contributed by atoms with Crippen molar-refractivity contribution in [1.29, 1.82) is 0 Å². The Morgan fingerprint density at radius 3 is 2.76 bits per heavy atom. The van der Waals surface area contributed by atoms with Crippen LogP contribution in [0.3, 0.4) is 0 Å². The number of esters is 2. The number of methoxy groups -OCH3 is 2. The number of carbonyl (C=O) groups excluding carboxylic acids is 2. The van der Waals surface area contributed by atoms with Gasteiger partial charge in [0.2, 0.25) is 5.88 Å². The number of pyridine rings is 1. The monoisotopic (exact) mass is 294 g/mol. The minimum atomic E-state index is -0.518. The molecule has 0 N–H and O–H groups in total. The molecule has 7 nitrogen and oxygen atoms in total. The van der Waals surface area contributed by atoms with Gasteiger partial charge in [0.25, 0.3) is 0 Å². The molecule has 2 rings (SSSR count). The molecule has 2 atom stereocenters. The Morgan fingerprint density at radius 1 is 1.38 bits per heavy atom. The standard InChI is InChI=1S/C14H18N2O5/c1-4-21-14(18)11-8-16(11)7-9-5-6-10(13(17)20-3)15-12(9)19-2/h5-6,11H,4,7-8H2,1-3H3. The topological polar surface area (TPSA) is 77.7 Å². The summed E-state index contributed by atoms with van der Waals surface area (Å²) in [6, 6.07) is 3.13. The van der Waals surface area contributed by atoms with Gasteiger partial charge in [0.05, 0.1) is 20.8 Å². The number of rotatable bonds is 6. The van der Waals surface area contributed by atoms with Crippen molar-refractivity contribution in [3.63, 3.8) is 0 Å². The van der Waals surface area contributed by atoms with Gasteiger partial charge in [0.15, 0.2) is 5.69 Å². The van der Waals surface area contributed by atoms with E-state index in [4.69, 9.17) is 9.47 Å². The fraction of sp³-hybridized carbons (Fsp3) is 0.500. The van der Waals surface area contributed by atoms with Gasteiger partial charge in [-0.3, -0.25) is 9.69 Å². The summed E-state index contributed by atoms with van der Waals surface area (Å²) in [5, 5.41) is 0. The van der Waals surface area contributed by atoms with E-state index in [1.807, 2.05) is 4.90 Å². The van der Waals surface area contributed by atoms with Crippen molar-refractivity contribution in [3.05, 3.63) is 23.4 Å². The summed E-state index contributed by atoms with van der Waals surface area (Å²) in [6.45, 7) is 3.33. The molecule has 0 spiro atoms. The largest absolute Gasteiger partial charge is 0.481 e. The zero-order chi connectivity index (χ0) is 15.4. The van der Waals surface area contributed by atoms with Gasteiger partial charge in [0, 0.05) is 18.7 Å². The number of carbonyl (C=O) groups is 2. The van der Waals surface area contributed by atoms with E-state index < -0.39 is 5.97 Å². The molecule has 1 aromatic rings. The van der Waals surface area contributed by atoms with Gasteiger partial charge in [-0.2, -0.15) is 0 Å². The smallest absolute Gasteiger partial charge is 0.356 e. The minimum absolute atomic E-state index is 0.186. The zero-order valence-electron chi connectivity index (χ0n) is 12.3. The Labute approximate surface area is 122 Å². The lowest BCUT2D eigenvalue weighted by Crippen LogP contribution is -2.16. The van der Waals surface area contributed by atoms with Gasteiger partial charge in [-0.05, 0) is 19.1 Å². The van der Waals surface area contributed by atoms with Crippen molar-refractivity contribution < 1.29 is 23.8 Å². The van der Waals surface area contributed by atoms with Crippen molar-refractivity contribution in [3.8, 4) is 5.88 Å². The summed E-state index contributed by atoms with van der Waals surface area (Å²) in [4.78, 5) is 29.0. The number of nitrogens with zero attached hydrogens (tertiary/aromatic N) is 2. The van der Waals surface area contributed by atoms with Crippen molar-refractivity contribution in [1.82, 2.24) is 9.88 Å². The van der Waals surface area contributed by atoms with Crippen LogP contribution < -0.4 is 4.74 Å². The van der Waals surface area contributed by atoms with Crippen LogP contribution in [0.5, 0.6) is 5.88 Å². The molecule has 0 aromatic carbocycles. The van der Waals surface area contributed by atoms with Gasteiger partial charge < -0.3 is 14.2 Å². The molecule has 1 aromatic heterocycles. The Hall–Kier alpha value is -2.15. The van der Waals surface area contributed by atoms with Gasteiger partial charge in [0.1, 0.15) is 6.04 Å². The molecule has 0 aliphatic carbocycles. The lowest BCUT2D eigenvalue weighted by Gasteiger charge is -2.09. The zero-order valence-corrected chi connectivity index (χ0v) is 12.3. The second-order valence-electron chi connectivity index (χ2n) is 4.55. The molecule has 0 bridgehead atoms. The van der Waals surface area contributed by atoms with E-state index in [0.29, 0.717) is 25.6 Å². The number of hydrogen-bond acceptors (Lipinski definition) is 7. The average Bonchev–Trinajstić information content (AvgIpc) is 3.26. The van der Waals surface area contributed by atoms with Gasteiger partial charge in [-0.15, -0.1) is 0 Å². The van der Waals surface area contributed by atoms with E-state index in [1.165, 1.54) is 14.2 Å². The van der Waals surface area contributed by atoms with Gasteiger partial charge >= 0.3 is 11.9 Å². The molecule has 0 amide bonds. The molecule has 1 aliphatic rings. The fourth-order valence-electron chi connectivity index (χ4n) is 2.02. The Bertz CT molecular complexity index is 546. The maximum atomic E-state index is 11.6. The highest BCUT2D eigenvalue weighted by molar-refractivity contribution is 5.87. The highest BCUT2D eigenvalue weighted by Crippen LogP contribution is 2.26. The number of hydrogen-bond donors (Lipinski definition) is 0. The first-order valence-electron chi connectivity index (χ1n) is 6.63. The highest BCUT2D eigenvalue weighted by atomic mass is 16.5. The van der Waals surface area contributed by atoms with E-state index in [9.17, 15) is 9.59 Å². The van der Waals surface area contributed by atoms with Gasteiger partial charge in [-0.1, -0.05) is 0 Å². The Kier molecular flexibility index (Phi) is 4.74. The third-order valence-corrected chi connectivity index (χ3v) is 3.17. The first-order chi connectivity index (χ1) is 10.1. The van der Waals surface area contributed by atoms with Crippen molar-refractivity contribution >= 4 is 11.9 Å². The fourth-order valence-corrected chi connectivity index (χ4v) is 2.02. The van der Waals surface area contributed by atoms with Crippen LogP contribution in [-0.4, -0.2) is 55.2 Å². The summed E-state index contributed by atoms with van der Waals surface area (Å²) >= 11 is 0. The second kappa shape index (κ2) is 6.53. The van der Waals surface area contributed by atoms with Crippen LogP contribution in [0.4, 0.5) is 0 Å². The van der Waals surface area contributed by atoms with Crippen LogP contribution in [0.1, 0.15) is 23.0 Å². The van der Waals surface area contributed by atoms with E-state index in [0.717, 1.165) is 5.56 Å². The van der Waals surface area contributed by atoms with Crippen LogP contribution in [0.15, 0.2) is 12.1 Å². The molecule has 114 valence electrons. The summed E-state index contributed by atoms with van der Waals surface area (Å²) in [5.74, 6) is -0.376. The first-order valence-corrected chi connectivity index (χ1v) is 6.63. The van der Waals surface area contributed by atoms with Crippen LogP contribution in [0, 0.1) is 0 Å². The molecule has 0 saturated carbocycles. The van der Waals surface area contributed by atoms with E-state index in [1.54, 1.807) is 19.1 Å². The van der Waals surface area contributed by atoms with Crippen LogP contribution in [0.2, 0.25) is 0 Å². The predicted octanol–water partition coefficient (Wildman–Crippen LogP) is 0.624. The molecule has 2 unspecified atom stereocenters. The normalized spacial score (nSPS) is 19.8. The lowest BCUT2D eigenvalue weighted by atomic mass is 10.2. The third-order valence-electron chi connectivity index (χ3n) is 3.17. The van der Waals surface area contributed by atoms with Crippen molar-refractivity contribution in [2.24, 2.45) is 0 Å². The molecular formula is C14H18N2O5. The Balaban J connectivity index is 2.04. The van der Waals surface area contributed by atoms with Crippen LogP contribution in [-0.2, 0) is 20.8 Å². The molecule has 1 saturated heterocycles. The van der Waals surface area contributed by atoms with E-state index in [-0.39, 0.29) is 17.7 Å². The second-order valence-corrected chi connectivity index (χ2v) is 4.55. The van der Waals surface area contributed by atoms with E-state index >= 15 is 0 Å². The molecule has 1 aliphatic heterocycles. The molecule has 2 heterocycles. The third kappa shape index (κ3) is 3.49. The van der Waals surface area contributed by atoms with Crippen molar-refractivity contribution in [2.45, 2.75) is 19.5 Å². The summed E-state index contributed by atoms with van der Waals surface area (Å²) in [6.07, 6.45) is 0. The molecule has 0 radical (unpaired) electrons. The SMILES string of the molecule is CCOC(=O)C1CN1Cc1ccc(C(=O)OC)nc1OC. The highest BCUT2D eigenvalue weighted by Gasteiger charge is 2.41. The molecule has 1 fully saturated rings. The molecular weight excluding hydrogens is 276 g/mol. The first kappa shape index (κ1) is 15.2. The molecule has 21 heavy (non-hydrogen) atoms. The number of ether oxygens (including phenoxy) is 3. The average molecular weight is 294 g/mol. The maximum Gasteiger partial charge on any atom is 0.356 e. The minimum Gasteiger partial charge on any atom is -0.481 e.